The van der Waals surface area contributed by atoms with Crippen molar-refractivity contribution in [1.29, 1.82) is 0 Å². The number of anilines is 1. The van der Waals surface area contributed by atoms with Crippen molar-refractivity contribution in [1.82, 2.24) is 4.90 Å². The molecule has 196 valence electrons. The summed E-state index contributed by atoms with van der Waals surface area (Å²) in [5.74, 6) is 0.534. The lowest BCUT2D eigenvalue weighted by molar-refractivity contribution is -0.127. The third kappa shape index (κ3) is 7.26. The summed E-state index contributed by atoms with van der Waals surface area (Å²) < 4.78 is 11.5. The van der Waals surface area contributed by atoms with Gasteiger partial charge < -0.3 is 14.8 Å². The molecular weight excluding hydrogens is 500 g/mol. The number of hydrogen-bond donors (Lipinski definition) is 1. The minimum Gasteiger partial charge on any atom is -0.490 e. The Morgan fingerprint density at radius 3 is 2.03 bits per heavy atom. The number of thioether (sulfide) groups is 1. The second kappa shape index (κ2) is 12.0. The Labute approximate surface area is 226 Å². The van der Waals surface area contributed by atoms with Crippen LogP contribution in [0.1, 0.15) is 31.9 Å². The molecule has 0 aromatic heterocycles. The minimum absolute atomic E-state index is 0.0986. The van der Waals surface area contributed by atoms with Gasteiger partial charge in [-0.15, -0.1) is 0 Å². The number of ether oxygens (including phenoxy) is 2. The highest BCUT2D eigenvalue weighted by molar-refractivity contribution is 8.18. The van der Waals surface area contributed by atoms with Crippen molar-refractivity contribution >= 4 is 40.6 Å². The summed E-state index contributed by atoms with van der Waals surface area (Å²) in [5, 5.41) is 2.21. The van der Waals surface area contributed by atoms with Crippen LogP contribution in [-0.2, 0) is 15.0 Å². The number of carbonyl (C=O) groups is 3. The third-order valence-electron chi connectivity index (χ3n) is 5.75. The first-order valence-electron chi connectivity index (χ1n) is 12.3. The maximum Gasteiger partial charge on any atom is 0.294 e. The second-order valence-corrected chi connectivity index (χ2v) is 10.7. The minimum atomic E-state index is -0.490. The molecule has 0 aliphatic carbocycles. The van der Waals surface area contributed by atoms with Gasteiger partial charge in [0.25, 0.3) is 11.1 Å². The van der Waals surface area contributed by atoms with Crippen LogP contribution in [0.5, 0.6) is 11.5 Å². The summed E-state index contributed by atoms with van der Waals surface area (Å²) in [5.41, 5.74) is 2.69. The van der Waals surface area contributed by atoms with E-state index < -0.39 is 17.1 Å². The number of hydrogen-bond acceptors (Lipinski definition) is 6. The van der Waals surface area contributed by atoms with Crippen LogP contribution in [0, 0.1) is 0 Å². The molecule has 1 N–H and O–H groups in total. The predicted octanol–water partition coefficient (Wildman–Crippen LogP) is 6.12. The van der Waals surface area contributed by atoms with Crippen LogP contribution in [0.3, 0.4) is 0 Å². The predicted molar refractivity (Wildman–Crippen MR) is 150 cm³/mol. The van der Waals surface area contributed by atoms with Crippen LogP contribution in [-0.4, -0.2) is 41.7 Å². The van der Waals surface area contributed by atoms with E-state index in [4.69, 9.17) is 9.47 Å². The monoisotopic (exact) mass is 530 g/mol. The smallest absolute Gasteiger partial charge is 0.294 e. The van der Waals surface area contributed by atoms with Crippen molar-refractivity contribution in [2.24, 2.45) is 0 Å². The average Bonchev–Trinajstić information content (AvgIpc) is 3.15. The Bertz CT molecular complexity index is 1310. The van der Waals surface area contributed by atoms with Gasteiger partial charge in [-0.3, -0.25) is 19.3 Å². The molecule has 1 heterocycles. The van der Waals surface area contributed by atoms with Crippen molar-refractivity contribution in [3.8, 4) is 11.5 Å². The van der Waals surface area contributed by atoms with Crippen molar-refractivity contribution < 1.29 is 23.9 Å². The van der Waals surface area contributed by atoms with Gasteiger partial charge >= 0.3 is 0 Å². The van der Waals surface area contributed by atoms with Crippen LogP contribution in [0.4, 0.5) is 10.5 Å². The second-order valence-electron chi connectivity index (χ2n) is 9.72. The zero-order valence-corrected chi connectivity index (χ0v) is 22.4. The normalized spacial score (nSPS) is 14.6. The number of amides is 3. The maximum atomic E-state index is 12.7. The fourth-order valence-electron chi connectivity index (χ4n) is 3.68. The molecule has 4 rings (SSSR count). The van der Waals surface area contributed by atoms with E-state index in [1.165, 1.54) is 5.56 Å². The van der Waals surface area contributed by atoms with Crippen molar-refractivity contribution in [2.75, 3.05) is 25.1 Å². The van der Waals surface area contributed by atoms with Gasteiger partial charge in [0.2, 0.25) is 5.91 Å². The van der Waals surface area contributed by atoms with Crippen molar-refractivity contribution in [3.05, 3.63) is 94.9 Å². The van der Waals surface area contributed by atoms with E-state index >= 15 is 0 Å². The molecule has 0 radical (unpaired) electrons. The molecule has 8 heteroatoms. The van der Waals surface area contributed by atoms with Crippen LogP contribution in [0.2, 0.25) is 0 Å². The number of carbonyl (C=O) groups excluding carboxylic acids is 3. The maximum absolute atomic E-state index is 12.7. The average molecular weight is 531 g/mol. The first-order chi connectivity index (χ1) is 18.2. The molecule has 3 amide bonds. The molecule has 7 nitrogen and oxygen atoms in total. The van der Waals surface area contributed by atoms with E-state index in [0.29, 0.717) is 24.7 Å². The van der Waals surface area contributed by atoms with E-state index in [-0.39, 0.29) is 16.9 Å². The molecule has 1 aliphatic rings. The molecule has 38 heavy (non-hydrogen) atoms. The van der Waals surface area contributed by atoms with E-state index in [1.807, 2.05) is 18.2 Å². The first-order valence-corrected chi connectivity index (χ1v) is 13.1. The zero-order valence-electron chi connectivity index (χ0n) is 21.6. The lowest BCUT2D eigenvalue weighted by Gasteiger charge is -2.19. The largest absolute Gasteiger partial charge is 0.490 e. The number of benzene rings is 3. The fourth-order valence-corrected chi connectivity index (χ4v) is 4.52. The molecule has 1 aliphatic heterocycles. The van der Waals surface area contributed by atoms with Gasteiger partial charge in [-0.1, -0.05) is 63.2 Å². The molecular formula is C30H30N2O5S. The van der Waals surface area contributed by atoms with Crippen LogP contribution < -0.4 is 14.8 Å². The fraction of sp³-hybridized carbons (Fsp3) is 0.233. The van der Waals surface area contributed by atoms with Crippen LogP contribution in [0.15, 0.2) is 83.8 Å². The van der Waals surface area contributed by atoms with E-state index in [2.05, 4.69) is 38.2 Å². The van der Waals surface area contributed by atoms with E-state index in [9.17, 15) is 14.4 Å². The molecule has 0 unspecified atom stereocenters. The SMILES string of the molecule is CC(C)(C)c1ccc(OCCOc2ccc(/C=C3\SC(=O)N(CC(=O)Nc4ccccc4)C3=O)cc2)cc1. The van der Waals surface area contributed by atoms with Gasteiger partial charge in [0.1, 0.15) is 31.3 Å². The Morgan fingerprint density at radius 2 is 1.45 bits per heavy atom. The molecule has 0 atom stereocenters. The highest BCUT2D eigenvalue weighted by Gasteiger charge is 2.36. The van der Waals surface area contributed by atoms with Gasteiger partial charge in [0.15, 0.2) is 0 Å². The number of rotatable bonds is 9. The van der Waals surface area contributed by atoms with Gasteiger partial charge in [0.05, 0.1) is 4.91 Å². The van der Waals surface area contributed by atoms with Gasteiger partial charge in [-0.05, 0) is 70.8 Å². The van der Waals surface area contributed by atoms with Crippen LogP contribution >= 0.6 is 11.8 Å². The Balaban J connectivity index is 1.25. The molecule has 0 spiro atoms. The topological polar surface area (TPSA) is 84.9 Å². The highest BCUT2D eigenvalue weighted by Crippen LogP contribution is 2.32. The summed E-state index contributed by atoms with van der Waals surface area (Å²) in [4.78, 5) is 38.6. The lowest BCUT2D eigenvalue weighted by atomic mass is 9.87. The number of para-hydroxylation sites is 1. The van der Waals surface area contributed by atoms with Gasteiger partial charge in [0, 0.05) is 5.69 Å². The molecule has 3 aromatic rings. The number of imide groups is 1. The summed E-state index contributed by atoms with van der Waals surface area (Å²) in [6.07, 6.45) is 1.63. The van der Waals surface area contributed by atoms with Crippen molar-refractivity contribution in [2.45, 2.75) is 26.2 Å². The Hall–Kier alpha value is -4.04. The van der Waals surface area contributed by atoms with Crippen molar-refractivity contribution in [3.63, 3.8) is 0 Å². The summed E-state index contributed by atoms with van der Waals surface area (Å²) in [6.45, 7) is 6.96. The Morgan fingerprint density at radius 1 is 0.868 bits per heavy atom. The third-order valence-corrected chi connectivity index (χ3v) is 6.66. The van der Waals surface area contributed by atoms with Crippen LogP contribution in [0.25, 0.3) is 6.08 Å². The van der Waals surface area contributed by atoms with E-state index in [1.54, 1.807) is 54.6 Å². The molecule has 1 saturated heterocycles. The zero-order chi connectivity index (χ0) is 27.1. The molecule has 3 aromatic carbocycles. The number of nitrogens with one attached hydrogen (secondary N) is 1. The Kier molecular flexibility index (Phi) is 8.53. The van der Waals surface area contributed by atoms with Gasteiger partial charge in [-0.2, -0.15) is 0 Å². The number of nitrogens with zero attached hydrogens (tertiary/aromatic N) is 1. The summed E-state index contributed by atoms with van der Waals surface area (Å²) >= 11 is 0.817. The summed E-state index contributed by atoms with van der Waals surface area (Å²) in [6, 6.07) is 24.1. The molecule has 0 bridgehead atoms. The quantitative estimate of drug-likeness (QED) is 0.265. The summed E-state index contributed by atoms with van der Waals surface area (Å²) in [7, 11) is 0. The van der Waals surface area contributed by atoms with E-state index in [0.717, 1.165) is 28.0 Å². The standard InChI is InChI=1S/C30H30N2O5S/c1-30(2,3)22-11-15-25(16-12-22)37-18-17-36-24-13-9-21(10-14-24)19-26-28(34)32(29(35)38-26)20-27(33)31-23-7-5-4-6-8-23/h4-16,19H,17-18,20H2,1-3H3,(H,31,33)/b26-19-. The van der Waals surface area contributed by atoms with Gasteiger partial charge in [-0.25, -0.2) is 0 Å². The molecule has 1 fully saturated rings. The highest BCUT2D eigenvalue weighted by atomic mass is 32.2. The lowest BCUT2D eigenvalue weighted by Crippen LogP contribution is -2.36. The first kappa shape index (κ1) is 27.0. The molecule has 0 saturated carbocycles.